The number of allylic oxidation sites excluding steroid dienone is 4. The van der Waals surface area contributed by atoms with Crippen molar-refractivity contribution in [1.29, 1.82) is 0 Å². The molecular weight excluding hydrogens is 596 g/mol. The van der Waals surface area contributed by atoms with Crippen molar-refractivity contribution in [1.82, 2.24) is 0 Å². The van der Waals surface area contributed by atoms with Gasteiger partial charge in [-0.3, -0.25) is 6.08 Å². The van der Waals surface area contributed by atoms with E-state index < -0.39 is 0 Å². The SMILES string of the molecule is CC(C)(C)C1=[C-]CC=C1.COc1ccc([Si]c2cc(C)cc(O)c2)c(OC)c1OC.[Ti+]=[C](c1ccccc1)c1ccccc1. The Kier molecular flexibility index (Phi) is 13.5. The van der Waals surface area contributed by atoms with E-state index in [0.29, 0.717) is 32.2 Å². The van der Waals surface area contributed by atoms with Gasteiger partial charge in [0.15, 0.2) is 11.5 Å². The number of hydrogen-bond donors (Lipinski definition) is 1. The van der Waals surface area contributed by atoms with Crippen LogP contribution in [0.25, 0.3) is 0 Å². The molecule has 0 aromatic heterocycles. The summed E-state index contributed by atoms with van der Waals surface area (Å²) < 4.78 is 17.5. The monoisotopic (exact) mass is 637 g/mol. The molecule has 1 aliphatic carbocycles. The molecule has 1 N–H and O–H groups in total. The average Bonchev–Trinajstić information content (AvgIpc) is 3.58. The molecule has 0 atom stereocenters. The summed E-state index contributed by atoms with van der Waals surface area (Å²) >= 11 is 2.16. The summed E-state index contributed by atoms with van der Waals surface area (Å²) in [4.78, 5) is 0. The molecule has 4 nitrogen and oxygen atoms in total. The van der Waals surface area contributed by atoms with Crippen molar-refractivity contribution in [2.24, 2.45) is 5.41 Å². The van der Waals surface area contributed by atoms with E-state index in [-0.39, 0.29) is 5.75 Å². The van der Waals surface area contributed by atoms with Crippen LogP contribution in [0.1, 0.15) is 43.9 Å². The number of hydrogen-bond acceptors (Lipinski definition) is 4. The topological polar surface area (TPSA) is 47.9 Å². The van der Waals surface area contributed by atoms with Gasteiger partial charge in [-0.2, -0.15) is 6.08 Å². The fourth-order valence-electron chi connectivity index (χ4n) is 4.49. The number of benzene rings is 4. The van der Waals surface area contributed by atoms with E-state index in [1.807, 2.05) is 37.3 Å². The second-order valence-electron chi connectivity index (χ2n) is 11.1. The standard InChI is InChI=1S/C16H18O4Si.C13H10.C9H13.Ti/c1-10-7-11(17)9-12(8-10)21-14-6-5-13(18-2)15(19-3)16(14)20-4;1-3-7-12(8-4-1)11-13-9-5-2-6-10-13;1-9(2,3)8-6-4-5-7-8;/h5-9,17H,1-4H3;1-10H;4,6H,5H2,1-3H3;/q;;-1;+1. The van der Waals surface area contributed by atoms with Gasteiger partial charge in [-0.05, 0) is 41.3 Å². The minimum absolute atomic E-state index is 0.275. The minimum atomic E-state index is 0.275. The van der Waals surface area contributed by atoms with E-state index >= 15 is 0 Å². The van der Waals surface area contributed by atoms with Crippen molar-refractivity contribution in [3.05, 3.63) is 131 Å². The molecule has 44 heavy (non-hydrogen) atoms. The van der Waals surface area contributed by atoms with Crippen molar-refractivity contribution in [2.75, 3.05) is 21.3 Å². The molecular formula is C38H41O4SiTi. The average molecular weight is 638 g/mol. The Morgan fingerprint density at radius 1 is 0.795 bits per heavy atom. The third kappa shape index (κ3) is 10.2. The van der Waals surface area contributed by atoms with Gasteiger partial charge >= 0.3 is 95.6 Å². The van der Waals surface area contributed by atoms with E-state index in [1.165, 1.54) is 20.5 Å². The zero-order valence-electron chi connectivity index (χ0n) is 26.7. The van der Waals surface area contributed by atoms with Gasteiger partial charge in [-0.25, -0.2) is 11.6 Å². The Hall–Kier alpha value is -3.64. The second-order valence-corrected chi connectivity index (χ2v) is 13.3. The Morgan fingerprint density at radius 3 is 1.82 bits per heavy atom. The van der Waals surface area contributed by atoms with E-state index in [0.717, 1.165) is 22.4 Å². The van der Waals surface area contributed by atoms with E-state index in [2.05, 4.69) is 108 Å². The predicted molar refractivity (Wildman–Crippen MR) is 180 cm³/mol. The third-order valence-electron chi connectivity index (χ3n) is 6.67. The number of phenolic OH excluding ortho intramolecular Hbond substituents is 1. The molecule has 0 spiro atoms. The van der Waals surface area contributed by atoms with E-state index in [9.17, 15) is 5.11 Å². The van der Waals surface area contributed by atoms with Crippen LogP contribution in [-0.4, -0.2) is 39.8 Å². The summed E-state index contributed by atoms with van der Waals surface area (Å²) in [5.41, 5.74) is 5.25. The Bertz CT molecular complexity index is 1510. The van der Waals surface area contributed by atoms with E-state index in [1.54, 1.807) is 33.5 Å². The van der Waals surface area contributed by atoms with Crippen LogP contribution in [0.2, 0.25) is 0 Å². The van der Waals surface area contributed by atoms with Crippen molar-refractivity contribution in [3.63, 3.8) is 0 Å². The zero-order valence-corrected chi connectivity index (χ0v) is 29.3. The van der Waals surface area contributed by atoms with Gasteiger partial charge in [0.1, 0.15) is 15.3 Å². The fraction of sp³-hybridized carbons (Fsp3) is 0.237. The molecule has 4 aromatic carbocycles. The van der Waals surface area contributed by atoms with Gasteiger partial charge in [-0.1, -0.05) is 38.1 Å². The van der Waals surface area contributed by atoms with Gasteiger partial charge < -0.3 is 19.3 Å². The van der Waals surface area contributed by atoms with Crippen LogP contribution in [-0.2, 0) is 20.0 Å². The summed E-state index contributed by atoms with van der Waals surface area (Å²) in [5, 5.41) is 11.7. The normalized spacial score (nSPS) is 11.8. The third-order valence-corrected chi connectivity index (χ3v) is 8.82. The molecule has 4 aromatic rings. The molecule has 1 aliphatic rings. The number of ether oxygens (including phenoxy) is 3. The van der Waals surface area contributed by atoms with Gasteiger partial charge in [0.2, 0.25) is 5.75 Å². The second kappa shape index (κ2) is 17.0. The number of phenols is 1. The van der Waals surface area contributed by atoms with E-state index in [4.69, 9.17) is 14.2 Å². The predicted octanol–water partition coefficient (Wildman–Crippen LogP) is 6.91. The maximum atomic E-state index is 9.71. The fourth-order valence-corrected chi connectivity index (χ4v) is 6.33. The summed E-state index contributed by atoms with van der Waals surface area (Å²) in [6, 6.07) is 30.3. The summed E-state index contributed by atoms with van der Waals surface area (Å²) in [6.45, 7) is 8.60. The molecule has 225 valence electrons. The Labute approximate surface area is 277 Å². The number of aryl methyl sites for hydroxylation is 1. The summed E-state index contributed by atoms with van der Waals surface area (Å²) in [6.07, 6.45) is 8.63. The molecule has 0 bridgehead atoms. The van der Waals surface area contributed by atoms with Gasteiger partial charge in [0.05, 0.1) is 21.3 Å². The zero-order chi connectivity index (χ0) is 32.1. The first-order chi connectivity index (χ1) is 21.1. The van der Waals surface area contributed by atoms with Crippen LogP contribution in [0.3, 0.4) is 0 Å². The first kappa shape index (κ1) is 34.8. The molecule has 0 saturated heterocycles. The van der Waals surface area contributed by atoms with Crippen LogP contribution in [0.15, 0.2) is 109 Å². The molecule has 0 amide bonds. The molecule has 0 heterocycles. The first-order valence-electron chi connectivity index (χ1n) is 14.4. The number of aromatic hydroxyl groups is 1. The van der Waals surface area contributed by atoms with Gasteiger partial charge in [-0.15, -0.1) is 6.42 Å². The summed E-state index contributed by atoms with van der Waals surface area (Å²) in [5.74, 6) is 2.16. The van der Waals surface area contributed by atoms with Crippen LogP contribution in [0.5, 0.6) is 23.0 Å². The molecule has 5 rings (SSSR count). The van der Waals surface area contributed by atoms with Crippen molar-refractivity contribution < 1.29 is 39.3 Å². The number of methoxy groups -OCH3 is 3. The Balaban J connectivity index is 0.000000197. The molecule has 0 saturated carbocycles. The quantitative estimate of drug-likeness (QED) is 0.177. The van der Waals surface area contributed by atoms with Crippen LogP contribution >= 0.6 is 0 Å². The van der Waals surface area contributed by atoms with Crippen molar-refractivity contribution in [3.8, 4) is 23.0 Å². The Morgan fingerprint density at radius 2 is 1.39 bits per heavy atom. The molecule has 6 heteroatoms. The first-order valence-corrected chi connectivity index (χ1v) is 16.2. The molecule has 2 radical (unpaired) electrons. The molecule has 0 aliphatic heterocycles. The van der Waals surface area contributed by atoms with Gasteiger partial charge in [0, 0.05) is 0 Å². The summed E-state index contributed by atoms with van der Waals surface area (Å²) in [7, 11) is 5.15. The molecule has 0 fully saturated rings. The van der Waals surface area contributed by atoms with Crippen molar-refractivity contribution in [2.45, 2.75) is 34.1 Å². The van der Waals surface area contributed by atoms with Crippen LogP contribution in [0, 0.1) is 18.4 Å². The van der Waals surface area contributed by atoms with Crippen LogP contribution in [0.4, 0.5) is 0 Å². The molecule has 0 unspecified atom stereocenters. The van der Waals surface area contributed by atoms with Crippen LogP contribution < -0.4 is 24.6 Å². The number of rotatable bonds is 7. The van der Waals surface area contributed by atoms with Crippen molar-refractivity contribution >= 4 is 23.7 Å². The maximum absolute atomic E-state index is 9.71. The van der Waals surface area contributed by atoms with Gasteiger partial charge in [0.25, 0.3) is 0 Å².